The molecule has 2 N–H and O–H groups in total. The van der Waals surface area contributed by atoms with E-state index in [1.807, 2.05) is 30.5 Å². The first-order valence-electron chi connectivity index (χ1n) is 6.90. The van der Waals surface area contributed by atoms with Gasteiger partial charge in [0.05, 0.1) is 6.61 Å². The van der Waals surface area contributed by atoms with Crippen molar-refractivity contribution in [3.05, 3.63) is 46.3 Å². The van der Waals surface area contributed by atoms with Crippen LogP contribution in [0.5, 0.6) is 5.88 Å². The molecule has 0 aliphatic carbocycles. The predicted molar refractivity (Wildman–Crippen MR) is 83.7 cm³/mol. The van der Waals surface area contributed by atoms with Gasteiger partial charge < -0.3 is 15.4 Å². The third kappa shape index (κ3) is 5.07. The van der Waals surface area contributed by atoms with Crippen molar-refractivity contribution in [2.75, 3.05) is 13.2 Å². The highest BCUT2D eigenvalue weighted by molar-refractivity contribution is 7.09. The molecule has 6 heteroatoms. The second kappa shape index (κ2) is 8.26. The standard InChI is InChI=1S/C15H19N3O2S/c1-2-20-14-12(5-3-8-16-14)11-18-15(19)17-9-7-13-6-4-10-21-13/h3-6,8,10H,2,7,9,11H2,1H3,(H2,17,18,19). The van der Waals surface area contributed by atoms with Gasteiger partial charge in [-0.3, -0.25) is 0 Å². The van der Waals surface area contributed by atoms with E-state index in [-0.39, 0.29) is 6.03 Å². The Bertz CT molecular complexity index is 558. The number of hydrogen-bond donors (Lipinski definition) is 2. The van der Waals surface area contributed by atoms with E-state index in [0.29, 0.717) is 25.6 Å². The maximum Gasteiger partial charge on any atom is 0.315 e. The maximum absolute atomic E-state index is 11.7. The number of ether oxygens (including phenoxy) is 1. The molecule has 0 bridgehead atoms. The molecule has 2 aromatic heterocycles. The van der Waals surface area contributed by atoms with E-state index >= 15 is 0 Å². The lowest BCUT2D eigenvalue weighted by Gasteiger charge is -2.10. The van der Waals surface area contributed by atoms with Crippen LogP contribution in [0.2, 0.25) is 0 Å². The third-order valence-corrected chi connectivity index (χ3v) is 3.74. The van der Waals surface area contributed by atoms with E-state index in [9.17, 15) is 4.79 Å². The Morgan fingerprint density at radius 3 is 3.00 bits per heavy atom. The summed E-state index contributed by atoms with van der Waals surface area (Å²) in [6.45, 7) is 3.48. The maximum atomic E-state index is 11.7. The molecule has 2 aromatic rings. The van der Waals surface area contributed by atoms with Crippen molar-refractivity contribution in [2.24, 2.45) is 0 Å². The molecule has 21 heavy (non-hydrogen) atoms. The average Bonchev–Trinajstić information content (AvgIpc) is 3.00. The van der Waals surface area contributed by atoms with Gasteiger partial charge in [0.1, 0.15) is 0 Å². The van der Waals surface area contributed by atoms with Gasteiger partial charge in [-0.1, -0.05) is 12.1 Å². The summed E-state index contributed by atoms with van der Waals surface area (Å²) in [5.41, 5.74) is 0.868. The second-order valence-corrected chi connectivity index (χ2v) is 5.37. The van der Waals surface area contributed by atoms with Crippen molar-refractivity contribution in [3.63, 3.8) is 0 Å². The number of urea groups is 1. The van der Waals surface area contributed by atoms with Gasteiger partial charge in [0.2, 0.25) is 5.88 Å². The highest BCUT2D eigenvalue weighted by Gasteiger charge is 2.06. The predicted octanol–water partition coefficient (Wildman–Crippen LogP) is 2.58. The van der Waals surface area contributed by atoms with Crippen LogP contribution in [-0.4, -0.2) is 24.2 Å². The molecule has 5 nitrogen and oxygen atoms in total. The number of amides is 2. The van der Waals surface area contributed by atoms with E-state index < -0.39 is 0 Å². The van der Waals surface area contributed by atoms with Crippen molar-refractivity contribution < 1.29 is 9.53 Å². The Kier molecular flexibility index (Phi) is 6.02. The third-order valence-electron chi connectivity index (χ3n) is 2.81. The lowest BCUT2D eigenvalue weighted by molar-refractivity contribution is 0.240. The van der Waals surface area contributed by atoms with Gasteiger partial charge in [0.15, 0.2) is 0 Å². The molecule has 2 heterocycles. The number of thiophene rings is 1. The van der Waals surface area contributed by atoms with Crippen LogP contribution in [0.3, 0.4) is 0 Å². The average molecular weight is 305 g/mol. The highest BCUT2D eigenvalue weighted by Crippen LogP contribution is 2.13. The van der Waals surface area contributed by atoms with Crippen LogP contribution in [-0.2, 0) is 13.0 Å². The fraction of sp³-hybridized carbons (Fsp3) is 0.333. The number of carbonyl (C=O) groups excluding carboxylic acids is 1. The van der Waals surface area contributed by atoms with Crippen LogP contribution in [0.4, 0.5) is 4.79 Å². The lowest BCUT2D eigenvalue weighted by atomic mass is 10.2. The molecular weight excluding hydrogens is 286 g/mol. The minimum Gasteiger partial charge on any atom is -0.478 e. The van der Waals surface area contributed by atoms with Crippen LogP contribution in [0, 0.1) is 0 Å². The zero-order valence-corrected chi connectivity index (χ0v) is 12.8. The lowest BCUT2D eigenvalue weighted by Crippen LogP contribution is -2.36. The van der Waals surface area contributed by atoms with Gasteiger partial charge >= 0.3 is 6.03 Å². The quantitative estimate of drug-likeness (QED) is 0.826. The summed E-state index contributed by atoms with van der Waals surface area (Å²) >= 11 is 1.70. The summed E-state index contributed by atoms with van der Waals surface area (Å²) in [5, 5.41) is 7.68. The van der Waals surface area contributed by atoms with E-state index in [2.05, 4.69) is 21.7 Å². The second-order valence-electron chi connectivity index (χ2n) is 4.34. The Labute approximate surface area is 128 Å². The molecule has 0 fully saturated rings. The molecule has 0 radical (unpaired) electrons. The largest absolute Gasteiger partial charge is 0.478 e. The number of carbonyl (C=O) groups is 1. The molecule has 0 atom stereocenters. The van der Waals surface area contributed by atoms with Crippen molar-refractivity contribution in [2.45, 2.75) is 19.9 Å². The number of nitrogens with zero attached hydrogens (tertiary/aromatic N) is 1. The van der Waals surface area contributed by atoms with Crippen LogP contribution < -0.4 is 15.4 Å². The van der Waals surface area contributed by atoms with Gasteiger partial charge in [-0.05, 0) is 30.9 Å². The number of aromatic nitrogens is 1. The summed E-state index contributed by atoms with van der Waals surface area (Å²) in [4.78, 5) is 17.1. The molecular formula is C15H19N3O2S. The Morgan fingerprint density at radius 2 is 2.24 bits per heavy atom. The van der Waals surface area contributed by atoms with Crippen molar-refractivity contribution in [1.82, 2.24) is 15.6 Å². The fourth-order valence-electron chi connectivity index (χ4n) is 1.82. The first kappa shape index (κ1) is 15.3. The van der Waals surface area contributed by atoms with Crippen LogP contribution in [0.25, 0.3) is 0 Å². The van der Waals surface area contributed by atoms with Crippen molar-refractivity contribution in [3.8, 4) is 5.88 Å². The molecule has 0 unspecified atom stereocenters. The number of hydrogen-bond acceptors (Lipinski definition) is 4. The van der Waals surface area contributed by atoms with Gasteiger partial charge in [-0.2, -0.15) is 0 Å². The fourth-order valence-corrected chi connectivity index (χ4v) is 2.53. The molecule has 112 valence electrons. The van der Waals surface area contributed by atoms with E-state index in [1.165, 1.54) is 4.88 Å². The van der Waals surface area contributed by atoms with Gasteiger partial charge in [0, 0.05) is 29.7 Å². The van der Waals surface area contributed by atoms with E-state index in [0.717, 1.165) is 12.0 Å². The van der Waals surface area contributed by atoms with Crippen LogP contribution >= 0.6 is 11.3 Å². The summed E-state index contributed by atoms with van der Waals surface area (Å²) < 4.78 is 5.42. The number of rotatable bonds is 7. The smallest absolute Gasteiger partial charge is 0.315 e. The van der Waals surface area contributed by atoms with Crippen LogP contribution in [0.1, 0.15) is 17.4 Å². The van der Waals surface area contributed by atoms with Crippen LogP contribution in [0.15, 0.2) is 35.8 Å². The van der Waals surface area contributed by atoms with Gasteiger partial charge in [-0.15, -0.1) is 11.3 Å². The summed E-state index contributed by atoms with van der Waals surface area (Å²) in [7, 11) is 0. The molecule has 0 saturated heterocycles. The number of nitrogens with one attached hydrogen (secondary N) is 2. The molecule has 2 rings (SSSR count). The zero-order chi connectivity index (χ0) is 14.9. The van der Waals surface area contributed by atoms with E-state index in [1.54, 1.807) is 17.5 Å². The Balaban J connectivity index is 1.73. The van der Waals surface area contributed by atoms with Gasteiger partial charge in [-0.25, -0.2) is 9.78 Å². The monoisotopic (exact) mass is 305 g/mol. The topological polar surface area (TPSA) is 63.2 Å². The Morgan fingerprint density at radius 1 is 1.33 bits per heavy atom. The molecule has 0 aromatic carbocycles. The molecule has 2 amide bonds. The first-order valence-corrected chi connectivity index (χ1v) is 7.78. The SMILES string of the molecule is CCOc1ncccc1CNC(=O)NCCc1cccs1. The van der Waals surface area contributed by atoms with E-state index in [4.69, 9.17) is 4.74 Å². The molecule has 0 aliphatic heterocycles. The first-order chi connectivity index (χ1) is 10.3. The number of pyridine rings is 1. The normalized spacial score (nSPS) is 10.1. The Hall–Kier alpha value is -2.08. The molecule has 0 spiro atoms. The van der Waals surface area contributed by atoms with Gasteiger partial charge in [0.25, 0.3) is 0 Å². The minimum atomic E-state index is -0.183. The molecule has 0 aliphatic rings. The molecule has 0 saturated carbocycles. The zero-order valence-electron chi connectivity index (χ0n) is 12.0. The summed E-state index contributed by atoms with van der Waals surface area (Å²) in [6, 6.07) is 7.61. The van der Waals surface area contributed by atoms with Crippen molar-refractivity contribution >= 4 is 17.4 Å². The minimum absolute atomic E-state index is 0.183. The highest BCUT2D eigenvalue weighted by atomic mass is 32.1. The van der Waals surface area contributed by atoms with Crippen molar-refractivity contribution in [1.29, 1.82) is 0 Å². The summed E-state index contributed by atoms with van der Waals surface area (Å²) in [5.74, 6) is 0.568. The summed E-state index contributed by atoms with van der Waals surface area (Å²) in [6.07, 6.45) is 2.53.